The Kier molecular flexibility index (Phi) is 2.51. The normalized spacial score (nSPS) is 28.1. The summed E-state index contributed by atoms with van der Waals surface area (Å²) in [6.45, 7) is 7.21. The van der Waals surface area contributed by atoms with Gasteiger partial charge in [-0.1, -0.05) is 32.0 Å². The smallest absolute Gasteiger partial charge is 0.0359 e. The first-order valence-corrected chi connectivity index (χ1v) is 6.67. The lowest BCUT2D eigenvalue weighted by atomic mass is 9.93. The van der Waals surface area contributed by atoms with E-state index in [1.54, 1.807) is 16.7 Å². The van der Waals surface area contributed by atoms with E-state index in [0.29, 0.717) is 0 Å². The van der Waals surface area contributed by atoms with Crippen molar-refractivity contribution in [3.8, 4) is 0 Å². The molecule has 1 nitrogen and oxygen atoms in total. The van der Waals surface area contributed by atoms with Crippen LogP contribution in [0.5, 0.6) is 0 Å². The third kappa shape index (κ3) is 1.41. The van der Waals surface area contributed by atoms with Crippen LogP contribution >= 0.6 is 0 Å². The van der Waals surface area contributed by atoms with Crippen molar-refractivity contribution in [3.63, 3.8) is 0 Å². The fourth-order valence-corrected chi connectivity index (χ4v) is 3.57. The van der Waals surface area contributed by atoms with Crippen molar-refractivity contribution in [1.82, 2.24) is 4.90 Å². The maximum atomic E-state index is 2.70. The predicted octanol–water partition coefficient (Wildman–Crippen LogP) is 3.50. The van der Waals surface area contributed by atoms with Crippen LogP contribution in [-0.4, -0.2) is 18.0 Å². The molecule has 0 aromatic heterocycles. The molecular weight excluding hydrogens is 194 g/mol. The van der Waals surface area contributed by atoms with E-state index in [9.17, 15) is 0 Å². The highest BCUT2D eigenvalue weighted by Crippen LogP contribution is 2.46. The SMILES string of the molecule is CCCN1CCc2cccc3c2[C@@H]1C[C@H]3C. The van der Waals surface area contributed by atoms with Crippen LogP contribution in [0.15, 0.2) is 18.2 Å². The zero-order valence-corrected chi connectivity index (χ0v) is 10.4. The van der Waals surface area contributed by atoms with E-state index in [0.717, 1.165) is 12.0 Å². The van der Waals surface area contributed by atoms with E-state index >= 15 is 0 Å². The van der Waals surface area contributed by atoms with E-state index < -0.39 is 0 Å². The summed E-state index contributed by atoms with van der Waals surface area (Å²) < 4.78 is 0. The Labute approximate surface area is 98.5 Å². The molecule has 0 spiro atoms. The second kappa shape index (κ2) is 3.89. The van der Waals surface area contributed by atoms with Gasteiger partial charge in [-0.3, -0.25) is 4.90 Å². The standard InChI is InChI=1S/C15H21N/c1-3-8-16-9-7-12-5-4-6-13-11(2)10-14(16)15(12)13/h4-6,11,14H,3,7-10H2,1-2H3/t11-,14+/m1/s1. The summed E-state index contributed by atoms with van der Waals surface area (Å²) in [4.78, 5) is 2.70. The van der Waals surface area contributed by atoms with E-state index in [4.69, 9.17) is 0 Å². The van der Waals surface area contributed by atoms with Crippen LogP contribution in [0.25, 0.3) is 0 Å². The summed E-state index contributed by atoms with van der Waals surface area (Å²) in [6.07, 6.45) is 3.88. The maximum Gasteiger partial charge on any atom is 0.0359 e. The molecule has 0 unspecified atom stereocenters. The minimum Gasteiger partial charge on any atom is -0.296 e. The van der Waals surface area contributed by atoms with Crippen LogP contribution < -0.4 is 0 Å². The van der Waals surface area contributed by atoms with Gasteiger partial charge in [-0.05, 0) is 48.4 Å². The minimum absolute atomic E-state index is 0.731. The van der Waals surface area contributed by atoms with Crippen LogP contribution in [0.4, 0.5) is 0 Å². The fourth-order valence-electron chi connectivity index (χ4n) is 3.57. The molecule has 1 heteroatoms. The summed E-state index contributed by atoms with van der Waals surface area (Å²) in [7, 11) is 0. The molecule has 1 heterocycles. The third-order valence-electron chi connectivity index (χ3n) is 4.29. The molecule has 0 radical (unpaired) electrons. The van der Waals surface area contributed by atoms with Gasteiger partial charge in [0.15, 0.2) is 0 Å². The van der Waals surface area contributed by atoms with Gasteiger partial charge in [-0.2, -0.15) is 0 Å². The molecular formula is C15H21N. The molecule has 16 heavy (non-hydrogen) atoms. The molecule has 0 N–H and O–H groups in total. The van der Waals surface area contributed by atoms with Gasteiger partial charge in [0.05, 0.1) is 0 Å². The lowest BCUT2D eigenvalue weighted by Gasteiger charge is -2.34. The zero-order valence-electron chi connectivity index (χ0n) is 10.4. The Bertz CT molecular complexity index is 396. The molecule has 0 saturated carbocycles. The Morgan fingerprint density at radius 3 is 3.06 bits per heavy atom. The highest BCUT2D eigenvalue weighted by Gasteiger charge is 2.36. The van der Waals surface area contributed by atoms with Crippen molar-refractivity contribution in [1.29, 1.82) is 0 Å². The second-order valence-corrected chi connectivity index (χ2v) is 5.36. The number of nitrogens with zero attached hydrogens (tertiary/aromatic N) is 1. The molecule has 0 fully saturated rings. The van der Waals surface area contributed by atoms with Gasteiger partial charge in [-0.15, -0.1) is 0 Å². The summed E-state index contributed by atoms with van der Waals surface area (Å²) in [5, 5.41) is 0. The molecule has 1 aliphatic heterocycles. The summed E-state index contributed by atoms with van der Waals surface area (Å²) in [5.41, 5.74) is 4.94. The van der Waals surface area contributed by atoms with Gasteiger partial charge in [0.2, 0.25) is 0 Å². The van der Waals surface area contributed by atoms with E-state index in [2.05, 4.69) is 36.9 Å². The minimum atomic E-state index is 0.731. The monoisotopic (exact) mass is 215 g/mol. The topological polar surface area (TPSA) is 3.24 Å². The Morgan fingerprint density at radius 2 is 2.25 bits per heavy atom. The molecule has 0 bridgehead atoms. The molecule has 0 saturated heterocycles. The van der Waals surface area contributed by atoms with E-state index in [1.165, 1.54) is 32.4 Å². The van der Waals surface area contributed by atoms with Gasteiger partial charge in [0, 0.05) is 12.6 Å². The second-order valence-electron chi connectivity index (χ2n) is 5.36. The van der Waals surface area contributed by atoms with Crippen molar-refractivity contribution >= 4 is 0 Å². The van der Waals surface area contributed by atoms with Crippen molar-refractivity contribution in [2.75, 3.05) is 13.1 Å². The molecule has 86 valence electrons. The maximum absolute atomic E-state index is 2.70. The summed E-state index contributed by atoms with van der Waals surface area (Å²) in [6, 6.07) is 7.67. The third-order valence-corrected chi connectivity index (χ3v) is 4.29. The van der Waals surface area contributed by atoms with Gasteiger partial charge in [0.1, 0.15) is 0 Å². The average Bonchev–Trinajstić information content (AvgIpc) is 2.63. The van der Waals surface area contributed by atoms with Gasteiger partial charge in [-0.25, -0.2) is 0 Å². The van der Waals surface area contributed by atoms with Crippen molar-refractivity contribution in [2.45, 2.75) is 45.1 Å². The highest BCUT2D eigenvalue weighted by molar-refractivity contribution is 5.45. The Morgan fingerprint density at radius 1 is 1.38 bits per heavy atom. The van der Waals surface area contributed by atoms with Crippen molar-refractivity contribution < 1.29 is 0 Å². The van der Waals surface area contributed by atoms with Gasteiger partial charge >= 0.3 is 0 Å². The molecule has 2 aliphatic rings. The first-order chi connectivity index (χ1) is 7.81. The Hall–Kier alpha value is -0.820. The van der Waals surface area contributed by atoms with E-state index in [1.807, 2.05) is 0 Å². The van der Waals surface area contributed by atoms with Crippen LogP contribution in [0.1, 0.15) is 55.3 Å². The number of hydrogen-bond donors (Lipinski definition) is 0. The molecule has 1 aromatic carbocycles. The molecule has 1 aliphatic carbocycles. The first-order valence-electron chi connectivity index (χ1n) is 6.67. The molecule has 2 atom stereocenters. The van der Waals surface area contributed by atoms with Gasteiger partial charge < -0.3 is 0 Å². The number of benzene rings is 1. The summed E-state index contributed by atoms with van der Waals surface area (Å²) in [5.74, 6) is 0.761. The number of hydrogen-bond acceptors (Lipinski definition) is 1. The predicted molar refractivity (Wildman–Crippen MR) is 67.8 cm³/mol. The Balaban J connectivity index is 2.02. The van der Waals surface area contributed by atoms with Crippen LogP contribution in [-0.2, 0) is 6.42 Å². The number of rotatable bonds is 2. The van der Waals surface area contributed by atoms with Crippen LogP contribution in [0, 0.1) is 0 Å². The van der Waals surface area contributed by atoms with E-state index in [-0.39, 0.29) is 0 Å². The van der Waals surface area contributed by atoms with Crippen LogP contribution in [0.3, 0.4) is 0 Å². The lowest BCUT2D eigenvalue weighted by Crippen LogP contribution is -2.34. The molecule has 0 amide bonds. The zero-order chi connectivity index (χ0) is 11.1. The largest absolute Gasteiger partial charge is 0.296 e. The molecule has 3 rings (SSSR count). The van der Waals surface area contributed by atoms with Crippen molar-refractivity contribution in [3.05, 3.63) is 34.9 Å². The van der Waals surface area contributed by atoms with Gasteiger partial charge in [0.25, 0.3) is 0 Å². The molecule has 1 aromatic rings. The van der Waals surface area contributed by atoms with Crippen LogP contribution in [0.2, 0.25) is 0 Å². The van der Waals surface area contributed by atoms with Crippen molar-refractivity contribution in [2.24, 2.45) is 0 Å². The quantitative estimate of drug-likeness (QED) is 0.730. The summed E-state index contributed by atoms with van der Waals surface area (Å²) >= 11 is 0. The lowest BCUT2D eigenvalue weighted by molar-refractivity contribution is 0.182. The highest BCUT2D eigenvalue weighted by atomic mass is 15.2. The average molecular weight is 215 g/mol. The fraction of sp³-hybridized carbons (Fsp3) is 0.600. The first kappa shape index (κ1) is 10.3.